The van der Waals surface area contributed by atoms with Crippen molar-refractivity contribution < 1.29 is 19.8 Å². The lowest BCUT2D eigenvalue weighted by Gasteiger charge is -2.26. The van der Waals surface area contributed by atoms with Crippen LogP contribution < -0.4 is 0 Å². The Bertz CT molecular complexity index is 261. The zero-order chi connectivity index (χ0) is 12.7. The third-order valence-corrected chi connectivity index (χ3v) is 3.25. The molecule has 0 radical (unpaired) electrons. The van der Waals surface area contributed by atoms with Gasteiger partial charge in [-0.05, 0) is 45.3 Å². The Kier molecular flexibility index (Phi) is 5.97. The summed E-state index contributed by atoms with van der Waals surface area (Å²) in [7, 11) is 0. The third kappa shape index (κ3) is 5.68. The number of hydrogen-bond donors (Lipinski definition) is 2. The van der Waals surface area contributed by atoms with Gasteiger partial charge in [-0.2, -0.15) is 0 Å². The van der Waals surface area contributed by atoms with Crippen LogP contribution in [0, 0.1) is 5.92 Å². The second kappa shape index (κ2) is 7.27. The van der Waals surface area contributed by atoms with Gasteiger partial charge in [0.1, 0.15) is 0 Å². The Hall–Kier alpha value is -1.10. The van der Waals surface area contributed by atoms with Crippen LogP contribution in [0.4, 0.5) is 0 Å². The smallest absolute Gasteiger partial charge is 0.307 e. The van der Waals surface area contributed by atoms with Gasteiger partial charge >= 0.3 is 11.9 Å². The third-order valence-electron chi connectivity index (χ3n) is 3.25. The van der Waals surface area contributed by atoms with Gasteiger partial charge in [0.2, 0.25) is 0 Å². The second-order valence-electron chi connectivity index (χ2n) is 4.68. The number of hydrogen-bond acceptors (Lipinski definition) is 3. The van der Waals surface area contributed by atoms with Crippen molar-refractivity contribution in [3.63, 3.8) is 0 Å². The lowest BCUT2D eigenvalue weighted by atomic mass is 9.99. The number of piperidine rings is 1. The van der Waals surface area contributed by atoms with E-state index >= 15 is 0 Å². The van der Waals surface area contributed by atoms with E-state index in [0.717, 1.165) is 26.1 Å². The van der Waals surface area contributed by atoms with Crippen molar-refractivity contribution >= 4 is 11.9 Å². The first-order chi connectivity index (χ1) is 8.09. The Labute approximate surface area is 101 Å². The number of aliphatic carboxylic acids is 2. The van der Waals surface area contributed by atoms with Crippen LogP contribution in [0.3, 0.4) is 0 Å². The summed E-state index contributed by atoms with van der Waals surface area (Å²) in [5, 5.41) is 17.5. The molecule has 5 nitrogen and oxygen atoms in total. The first-order valence-electron chi connectivity index (χ1n) is 6.26. The molecule has 1 heterocycles. The van der Waals surface area contributed by atoms with Gasteiger partial charge in [0.05, 0.1) is 12.3 Å². The summed E-state index contributed by atoms with van der Waals surface area (Å²) in [6, 6.07) is 0. The van der Waals surface area contributed by atoms with Crippen molar-refractivity contribution in [3.8, 4) is 0 Å². The lowest BCUT2D eigenvalue weighted by molar-refractivity contribution is -0.148. The fourth-order valence-corrected chi connectivity index (χ4v) is 2.27. The number of rotatable bonds is 7. The molecule has 1 aliphatic rings. The molecule has 17 heavy (non-hydrogen) atoms. The molecule has 0 aromatic rings. The van der Waals surface area contributed by atoms with Gasteiger partial charge in [0.25, 0.3) is 0 Å². The van der Waals surface area contributed by atoms with Gasteiger partial charge in [-0.3, -0.25) is 9.59 Å². The van der Waals surface area contributed by atoms with Crippen molar-refractivity contribution in [3.05, 3.63) is 0 Å². The molecular weight excluding hydrogens is 222 g/mol. The Morgan fingerprint density at radius 3 is 2.29 bits per heavy atom. The van der Waals surface area contributed by atoms with E-state index in [0.29, 0.717) is 6.42 Å². The molecule has 1 rings (SSSR count). The van der Waals surface area contributed by atoms with Crippen LogP contribution in [0.1, 0.15) is 38.5 Å². The van der Waals surface area contributed by atoms with Crippen LogP contribution in [0.15, 0.2) is 0 Å². The van der Waals surface area contributed by atoms with E-state index in [1.165, 1.54) is 19.3 Å². The predicted molar refractivity (Wildman–Crippen MR) is 62.9 cm³/mol. The largest absolute Gasteiger partial charge is 0.481 e. The van der Waals surface area contributed by atoms with Gasteiger partial charge in [0, 0.05) is 0 Å². The van der Waals surface area contributed by atoms with Crippen molar-refractivity contribution in [1.82, 2.24) is 4.90 Å². The minimum Gasteiger partial charge on any atom is -0.481 e. The molecule has 0 spiro atoms. The van der Waals surface area contributed by atoms with Crippen molar-refractivity contribution in [2.45, 2.75) is 38.5 Å². The number of carboxylic acids is 2. The normalized spacial score (nSPS) is 18.8. The number of likely N-dealkylation sites (tertiary alicyclic amines) is 1. The predicted octanol–water partition coefficient (Wildman–Crippen LogP) is 1.43. The number of carboxylic acid groups (broad SMARTS) is 2. The zero-order valence-corrected chi connectivity index (χ0v) is 10.1. The second-order valence-corrected chi connectivity index (χ2v) is 4.68. The van der Waals surface area contributed by atoms with Gasteiger partial charge in [0.15, 0.2) is 0 Å². The fourth-order valence-electron chi connectivity index (χ4n) is 2.27. The van der Waals surface area contributed by atoms with E-state index in [1.54, 1.807) is 0 Å². The van der Waals surface area contributed by atoms with Gasteiger partial charge in [-0.1, -0.05) is 6.42 Å². The summed E-state index contributed by atoms with van der Waals surface area (Å²) in [4.78, 5) is 23.7. The molecule has 0 bridgehead atoms. The Morgan fingerprint density at radius 1 is 1.12 bits per heavy atom. The quantitative estimate of drug-likeness (QED) is 0.707. The molecule has 0 amide bonds. The van der Waals surface area contributed by atoms with Gasteiger partial charge in [-0.25, -0.2) is 0 Å². The molecule has 0 aromatic carbocycles. The molecule has 0 aliphatic carbocycles. The summed E-state index contributed by atoms with van der Waals surface area (Å²) >= 11 is 0. The van der Waals surface area contributed by atoms with E-state index in [9.17, 15) is 9.59 Å². The van der Waals surface area contributed by atoms with Crippen molar-refractivity contribution in [1.29, 1.82) is 0 Å². The average Bonchev–Trinajstić information content (AvgIpc) is 2.28. The lowest BCUT2D eigenvalue weighted by Crippen LogP contribution is -2.31. The molecular formula is C12H21NO4. The minimum atomic E-state index is -1.03. The molecule has 1 atom stereocenters. The molecule has 0 saturated carbocycles. The monoisotopic (exact) mass is 243 g/mol. The van der Waals surface area contributed by atoms with Crippen LogP contribution in [-0.2, 0) is 9.59 Å². The zero-order valence-electron chi connectivity index (χ0n) is 10.1. The summed E-state index contributed by atoms with van der Waals surface area (Å²) in [6.45, 7) is 3.08. The van der Waals surface area contributed by atoms with E-state index < -0.39 is 17.9 Å². The molecule has 5 heteroatoms. The first-order valence-corrected chi connectivity index (χ1v) is 6.26. The summed E-state index contributed by atoms with van der Waals surface area (Å²) in [5.41, 5.74) is 0. The SMILES string of the molecule is O=C(O)CC(CCCN1CCCCC1)C(=O)O. The molecule has 0 aromatic heterocycles. The maximum atomic E-state index is 10.8. The molecule has 1 aliphatic heterocycles. The highest BCUT2D eigenvalue weighted by Crippen LogP contribution is 2.14. The highest BCUT2D eigenvalue weighted by molar-refractivity contribution is 5.77. The van der Waals surface area contributed by atoms with Crippen LogP contribution >= 0.6 is 0 Å². The summed E-state index contributed by atoms with van der Waals surface area (Å²) in [6.07, 6.45) is 4.68. The molecule has 2 N–H and O–H groups in total. The maximum absolute atomic E-state index is 10.8. The number of carbonyl (C=O) groups is 2. The average molecular weight is 243 g/mol. The van der Waals surface area contributed by atoms with E-state index in [4.69, 9.17) is 10.2 Å². The van der Waals surface area contributed by atoms with Gasteiger partial charge < -0.3 is 15.1 Å². The molecule has 1 saturated heterocycles. The first kappa shape index (κ1) is 14.0. The van der Waals surface area contributed by atoms with Crippen molar-refractivity contribution in [2.24, 2.45) is 5.92 Å². The van der Waals surface area contributed by atoms with Crippen LogP contribution in [0.5, 0.6) is 0 Å². The Balaban J connectivity index is 2.21. The molecule has 1 unspecified atom stereocenters. The maximum Gasteiger partial charge on any atom is 0.307 e. The number of nitrogens with zero attached hydrogens (tertiary/aromatic N) is 1. The van der Waals surface area contributed by atoms with E-state index in [1.807, 2.05) is 0 Å². The van der Waals surface area contributed by atoms with E-state index in [-0.39, 0.29) is 6.42 Å². The Morgan fingerprint density at radius 2 is 1.76 bits per heavy atom. The van der Waals surface area contributed by atoms with Crippen LogP contribution in [0.2, 0.25) is 0 Å². The van der Waals surface area contributed by atoms with Crippen LogP contribution in [0.25, 0.3) is 0 Å². The van der Waals surface area contributed by atoms with Crippen LogP contribution in [-0.4, -0.2) is 46.7 Å². The van der Waals surface area contributed by atoms with Crippen molar-refractivity contribution in [2.75, 3.05) is 19.6 Å². The highest BCUT2D eigenvalue weighted by Gasteiger charge is 2.21. The molecule has 98 valence electrons. The standard InChI is InChI=1S/C12H21NO4/c14-11(15)9-10(12(16)17)5-4-8-13-6-2-1-3-7-13/h10H,1-9H2,(H,14,15)(H,16,17). The van der Waals surface area contributed by atoms with E-state index in [2.05, 4.69) is 4.90 Å². The highest BCUT2D eigenvalue weighted by atomic mass is 16.4. The minimum absolute atomic E-state index is 0.269. The van der Waals surface area contributed by atoms with Gasteiger partial charge in [-0.15, -0.1) is 0 Å². The summed E-state index contributed by atoms with van der Waals surface area (Å²) < 4.78 is 0. The topological polar surface area (TPSA) is 77.8 Å². The molecule has 1 fully saturated rings. The summed E-state index contributed by atoms with van der Waals surface area (Å²) in [5.74, 6) is -2.77. The fraction of sp³-hybridized carbons (Fsp3) is 0.833.